The average Bonchev–Trinajstić information content (AvgIpc) is 3.23. The summed E-state index contributed by atoms with van der Waals surface area (Å²) in [6.07, 6.45) is 0. The van der Waals surface area contributed by atoms with Gasteiger partial charge in [-0.25, -0.2) is 9.78 Å². The molecule has 2 N–H and O–H groups in total. The number of ether oxygens (including phenoxy) is 2. The number of H-pyrrole nitrogens is 1. The van der Waals surface area contributed by atoms with Crippen molar-refractivity contribution < 1.29 is 19.1 Å². The number of imidazole rings is 1. The van der Waals surface area contributed by atoms with Crippen molar-refractivity contribution in [3.8, 4) is 17.1 Å². The predicted octanol–water partition coefficient (Wildman–Crippen LogP) is 5.00. The van der Waals surface area contributed by atoms with Gasteiger partial charge in [-0.1, -0.05) is 17.7 Å². The molecule has 1 amide bonds. The lowest BCUT2D eigenvalue weighted by Crippen LogP contribution is -2.20. The first kappa shape index (κ1) is 21.4. The van der Waals surface area contributed by atoms with E-state index < -0.39 is 18.5 Å². The van der Waals surface area contributed by atoms with Gasteiger partial charge in [0.05, 0.1) is 23.7 Å². The van der Waals surface area contributed by atoms with E-state index in [1.54, 1.807) is 43.5 Å². The highest BCUT2D eigenvalue weighted by Gasteiger charge is 2.13. The van der Waals surface area contributed by atoms with Crippen LogP contribution in [0.5, 0.6) is 5.75 Å². The number of amides is 1. The van der Waals surface area contributed by atoms with Gasteiger partial charge in [0.25, 0.3) is 5.91 Å². The van der Waals surface area contributed by atoms with Gasteiger partial charge in [0, 0.05) is 16.3 Å². The number of carbonyl (C=O) groups is 2. The van der Waals surface area contributed by atoms with E-state index in [4.69, 9.17) is 21.1 Å². The molecular formula is C24H20ClN3O4. The molecule has 0 aliphatic rings. The monoisotopic (exact) mass is 449 g/mol. The molecule has 0 atom stereocenters. The third-order valence-electron chi connectivity index (χ3n) is 4.87. The number of hydrogen-bond donors (Lipinski definition) is 2. The average molecular weight is 450 g/mol. The summed E-state index contributed by atoms with van der Waals surface area (Å²) in [5, 5.41) is 3.19. The van der Waals surface area contributed by atoms with Crippen LogP contribution in [-0.4, -0.2) is 35.6 Å². The zero-order chi connectivity index (χ0) is 22.7. The zero-order valence-corrected chi connectivity index (χ0v) is 18.2. The molecule has 0 saturated carbocycles. The van der Waals surface area contributed by atoms with Crippen molar-refractivity contribution in [3.05, 3.63) is 76.8 Å². The van der Waals surface area contributed by atoms with Crippen LogP contribution in [0, 0.1) is 6.92 Å². The number of carbonyl (C=O) groups excluding carboxylic acids is 2. The van der Waals surface area contributed by atoms with Gasteiger partial charge in [0.2, 0.25) is 0 Å². The molecule has 8 heteroatoms. The maximum Gasteiger partial charge on any atom is 0.338 e. The van der Waals surface area contributed by atoms with E-state index in [-0.39, 0.29) is 0 Å². The van der Waals surface area contributed by atoms with Gasteiger partial charge in [0.15, 0.2) is 6.61 Å². The topological polar surface area (TPSA) is 93.3 Å². The van der Waals surface area contributed by atoms with Crippen LogP contribution in [0.4, 0.5) is 5.69 Å². The van der Waals surface area contributed by atoms with Crippen LogP contribution in [0.1, 0.15) is 15.9 Å². The molecule has 0 unspecified atom stereocenters. The smallest absolute Gasteiger partial charge is 0.338 e. The summed E-state index contributed by atoms with van der Waals surface area (Å²) in [5.74, 6) is 0.362. The van der Waals surface area contributed by atoms with Crippen molar-refractivity contribution in [1.29, 1.82) is 0 Å². The number of benzene rings is 3. The Kier molecular flexibility index (Phi) is 6.09. The van der Waals surface area contributed by atoms with Gasteiger partial charge in [0.1, 0.15) is 11.6 Å². The lowest BCUT2D eigenvalue weighted by molar-refractivity contribution is -0.119. The number of halogens is 1. The van der Waals surface area contributed by atoms with E-state index >= 15 is 0 Å². The molecule has 3 aromatic carbocycles. The number of hydrogen-bond acceptors (Lipinski definition) is 5. The van der Waals surface area contributed by atoms with Crippen molar-refractivity contribution in [2.45, 2.75) is 6.92 Å². The first-order valence-electron chi connectivity index (χ1n) is 9.80. The Balaban J connectivity index is 1.41. The summed E-state index contributed by atoms with van der Waals surface area (Å²) in [6, 6.07) is 17.6. The van der Waals surface area contributed by atoms with Crippen LogP contribution in [0.3, 0.4) is 0 Å². The molecule has 0 radical (unpaired) electrons. The second-order valence-corrected chi connectivity index (χ2v) is 7.54. The molecule has 7 nitrogen and oxygen atoms in total. The van der Waals surface area contributed by atoms with E-state index in [9.17, 15) is 9.59 Å². The van der Waals surface area contributed by atoms with E-state index in [0.717, 1.165) is 16.9 Å². The number of esters is 1. The van der Waals surface area contributed by atoms with Crippen LogP contribution in [0.2, 0.25) is 5.02 Å². The Bertz CT molecular complexity index is 1300. The van der Waals surface area contributed by atoms with E-state index in [0.29, 0.717) is 33.1 Å². The van der Waals surface area contributed by atoms with Gasteiger partial charge in [-0.15, -0.1) is 0 Å². The Morgan fingerprint density at radius 1 is 1.06 bits per heavy atom. The maximum atomic E-state index is 12.4. The summed E-state index contributed by atoms with van der Waals surface area (Å²) in [7, 11) is 1.61. The van der Waals surface area contributed by atoms with Crippen LogP contribution < -0.4 is 10.1 Å². The largest absolute Gasteiger partial charge is 0.497 e. The fourth-order valence-electron chi connectivity index (χ4n) is 3.10. The van der Waals surface area contributed by atoms with Crippen LogP contribution >= 0.6 is 11.6 Å². The summed E-state index contributed by atoms with van der Waals surface area (Å²) < 4.78 is 10.3. The van der Waals surface area contributed by atoms with Crippen LogP contribution in [0.15, 0.2) is 60.7 Å². The number of aryl methyl sites for hydroxylation is 1. The molecule has 0 aliphatic carbocycles. The van der Waals surface area contributed by atoms with Crippen LogP contribution in [-0.2, 0) is 9.53 Å². The Morgan fingerprint density at radius 3 is 2.56 bits per heavy atom. The lowest BCUT2D eigenvalue weighted by Gasteiger charge is -2.08. The van der Waals surface area contributed by atoms with Crippen molar-refractivity contribution in [3.63, 3.8) is 0 Å². The van der Waals surface area contributed by atoms with Crippen molar-refractivity contribution >= 4 is 40.2 Å². The molecule has 4 rings (SSSR count). The molecule has 1 aromatic heterocycles. The second-order valence-electron chi connectivity index (χ2n) is 7.13. The maximum absolute atomic E-state index is 12.4. The molecule has 0 spiro atoms. The molecule has 0 fully saturated rings. The SMILES string of the molecule is COc1ccc(-c2nc3ccc(C(=O)OCC(=O)Nc4ccc(C)c(Cl)c4)cc3[nH]2)cc1. The van der Waals surface area contributed by atoms with Gasteiger partial charge < -0.3 is 19.8 Å². The van der Waals surface area contributed by atoms with Gasteiger partial charge in [-0.05, 0) is 67.1 Å². The third-order valence-corrected chi connectivity index (χ3v) is 5.28. The normalized spacial score (nSPS) is 10.7. The summed E-state index contributed by atoms with van der Waals surface area (Å²) in [5.41, 5.74) is 4.03. The fraction of sp³-hybridized carbons (Fsp3) is 0.125. The fourth-order valence-corrected chi connectivity index (χ4v) is 3.28. The quantitative estimate of drug-likeness (QED) is 0.404. The molecule has 0 bridgehead atoms. The van der Waals surface area contributed by atoms with E-state index in [1.807, 2.05) is 31.2 Å². The Hall–Kier alpha value is -3.84. The highest BCUT2D eigenvalue weighted by Crippen LogP contribution is 2.24. The molecule has 1 heterocycles. The second kappa shape index (κ2) is 9.11. The number of anilines is 1. The molecular weight excluding hydrogens is 430 g/mol. The standard InChI is InChI=1S/C24H20ClN3O4/c1-14-3-7-17(12-19(14)25)26-22(29)13-32-24(30)16-6-10-20-21(11-16)28-23(27-20)15-4-8-18(31-2)9-5-15/h3-12H,13H2,1-2H3,(H,26,29)(H,27,28). The number of fused-ring (bicyclic) bond motifs is 1. The molecule has 32 heavy (non-hydrogen) atoms. The minimum absolute atomic E-state index is 0.314. The number of nitrogens with zero attached hydrogens (tertiary/aromatic N) is 1. The lowest BCUT2D eigenvalue weighted by atomic mass is 10.2. The minimum Gasteiger partial charge on any atom is -0.497 e. The van der Waals surface area contributed by atoms with Gasteiger partial charge in [-0.3, -0.25) is 4.79 Å². The molecule has 0 aliphatic heterocycles. The zero-order valence-electron chi connectivity index (χ0n) is 17.4. The third kappa shape index (κ3) is 4.73. The highest BCUT2D eigenvalue weighted by molar-refractivity contribution is 6.31. The molecule has 162 valence electrons. The number of rotatable bonds is 6. The number of aromatic amines is 1. The first-order valence-corrected chi connectivity index (χ1v) is 10.2. The van der Waals surface area contributed by atoms with Crippen LogP contribution in [0.25, 0.3) is 22.4 Å². The van der Waals surface area contributed by atoms with Crippen molar-refractivity contribution in [1.82, 2.24) is 9.97 Å². The van der Waals surface area contributed by atoms with Crippen molar-refractivity contribution in [2.24, 2.45) is 0 Å². The summed E-state index contributed by atoms with van der Waals surface area (Å²) in [4.78, 5) is 32.3. The van der Waals surface area contributed by atoms with E-state index in [2.05, 4.69) is 15.3 Å². The predicted molar refractivity (Wildman–Crippen MR) is 123 cm³/mol. The Labute approximate surface area is 189 Å². The number of aromatic nitrogens is 2. The summed E-state index contributed by atoms with van der Waals surface area (Å²) >= 11 is 6.06. The van der Waals surface area contributed by atoms with Crippen molar-refractivity contribution in [2.75, 3.05) is 19.0 Å². The minimum atomic E-state index is -0.607. The molecule has 4 aromatic rings. The van der Waals surface area contributed by atoms with Gasteiger partial charge >= 0.3 is 5.97 Å². The number of methoxy groups -OCH3 is 1. The van der Waals surface area contributed by atoms with E-state index in [1.165, 1.54) is 0 Å². The first-order chi connectivity index (χ1) is 15.4. The van der Waals surface area contributed by atoms with Gasteiger partial charge in [-0.2, -0.15) is 0 Å². The number of nitrogens with one attached hydrogen (secondary N) is 2. The Morgan fingerprint density at radius 2 is 1.84 bits per heavy atom. The highest BCUT2D eigenvalue weighted by atomic mass is 35.5. The summed E-state index contributed by atoms with van der Waals surface area (Å²) in [6.45, 7) is 1.45. The molecule has 0 saturated heterocycles.